The van der Waals surface area contributed by atoms with E-state index >= 15 is 0 Å². The zero-order valence-electron chi connectivity index (χ0n) is 15.9. The molecule has 2 amide bonds. The molecule has 2 aliphatic heterocycles. The van der Waals surface area contributed by atoms with Crippen molar-refractivity contribution in [3.05, 3.63) is 58.8 Å². The number of methoxy groups -OCH3 is 1. The molecule has 0 aliphatic carbocycles. The molecule has 148 valence electrons. The lowest BCUT2D eigenvalue weighted by Crippen LogP contribution is -2.56. The smallest absolute Gasteiger partial charge is 0.337 e. The molecule has 2 heterocycles. The van der Waals surface area contributed by atoms with Gasteiger partial charge in [0.15, 0.2) is 5.11 Å². The second kappa shape index (κ2) is 7.29. The fourth-order valence-electron chi connectivity index (χ4n) is 3.90. The maximum absolute atomic E-state index is 13.2. The lowest BCUT2D eigenvalue weighted by Gasteiger charge is -2.35. The van der Waals surface area contributed by atoms with Crippen molar-refractivity contribution in [2.75, 3.05) is 13.7 Å². The van der Waals surface area contributed by atoms with Gasteiger partial charge in [0.05, 0.1) is 25.3 Å². The van der Waals surface area contributed by atoms with Crippen LogP contribution in [0.15, 0.2) is 47.7 Å². The zero-order valence-corrected chi connectivity index (χ0v) is 16.8. The Morgan fingerprint density at radius 3 is 2.31 bits per heavy atom. The first-order chi connectivity index (χ1) is 14.0. The predicted octanol–water partition coefficient (Wildman–Crippen LogP) is 2.12. The minimum atomic E-state index is -0.663. The Morgan fingerprint density at radius 2 is 1.76 bits per heavy atom. The van der Waals surface area contributed by atoms with E-state index in [2.05, 4.69) is 10.6 Å². The second-order valence-electron chi connectivity index (χ2n) is 6.82. The van der Waals surface area contributed by atoms with Crippen molar-refractivity contribution in [3.8, 4) is 0 Å². The van der Waals surface area contributed by atoms with E-state index in [4.69, 9.17) is 17.0 Å². The summed E-state index contributed by atoms with van der Waals surface area (Å²) < 4.78 is 4.92. The first kappa shape index (κ1) is 19.1. The van der Waals surface area contributed by atoms with E-state index in [0.717, 1.165) is 5.39 Å². The summed E-state index contributed by atoms with van der Waals surface area (Å²) in [6, 6.07) is 10.1. The average Bonchev–Trinajstić information content (AvgIpc) is 2.73. The SMILES string of the molecule is CCC1=C(C(=O)OC)C(CN2C(=O)c3cccc4cccc(c34)C2=O)NC(=S)N1. The summed E-state index contributed by atoms with van der Waals surface area (Å²) in [4.78, 5) is 39.9. The van der Waals surface area contributed by atoms with Crippen molar-refractivity contribution in [2.24, 2.45) is 0 Å². The van der Waals surface area contributed by atoms with Gasteiger partial charge in [-0.05, 0) is 36.2 Å². The van der Waals surface area contributed by atoms with E-state index in [1.54, 1.807) is 24.3 Å². The fourth-order valence-corrected chi connectivity index (χ4v) is 4.17. The summed E-state index contributed by atoms with van der Waals surface area (Å²) in [5.41, 5.74) is 1.88. The van der Waals surface area contributed by atoms with Gasteiger partial charge in [0.1, 0.15) is 0 Å². The summed E-state index contributed by atoms with van der Waals surface area (Å²) >= 11 is 5.25. The third-order valence-electron chi connectivity index (χ3n) is 5.22. The minimum absolute atomic E-state index is 0.0435. The Bertz CT molecular complexity index is 1060. The second-order valence-corrected chi connectivity index (χ2v) is 7.23. The third kappa shape index (κ3) is 3.05. The summed E-state index contributed by atoms with van der Waals surface area (Å²) in [6.45, 7) is 1.84. The summed E-state index contributed by atoms with van der Waals surface area (Å²) in [5, 5.41) is 7.79. The molecule has 0 saturated heterocycles. The number of esters is 1. The van der Waals surface area contributed by atoms with Crippen LogP contribution in [0, 0.1) is 0 Å². The molecule has 1 unspecified atom stereocenters. The Balaban J connectivity index is 1.76. The predicted molar refractivity (Wildman–Crippen MR) is 111 cm³/mol. The minimum Gasteiger partial charge on any atom is -0.466 e. The normalized spacial score (nSPS) is 18.6. The molecule has 2 N–H and O–H groups in total. The molecule has 4 rings (SSSR count). The summed E-state index contributed by atoms with van der Waals surface area (Å²) in [6.07, 6.45) is 0.521. The van der Waals surface area contributed by atoms with Gasteiger partial charge in [0, 0.05) is 22.2 Å². The number of amides is 2. The first-order valence-electron chi connectivity index (χ1n) is 9.23. The number of imide groups is 1. The molecular formula is C21H19N3O4S. The van der Waals surface area contributed by atoms with Crippen LogP contribution in [0.1, 0.15) is 34.1 Å². The van der Waals surface area contributed by atoms with E-state index in [0.29, 0.717) is 39.3 Å². The van der Waals surface area contributed by atoms with Gasteiger partial charge < -0.3 is 15.4 Å². The number of nitrogens with one attached hydrogen (secondary N) is 2. The number of rotatable bonds is 4. The Morgan fingerprint density at radius 1 is 1.14 bits per heavy atom. The average molecular weight is 409 g/mol. The molecule has 0 bridgehead atoms. The molecule has 1 atom stereocenters. The standard InChI is InChI=1S/C21H19N3O4S/c1-3-14-17(20(27)28-2)15(23-21(29)22-14)10-24-18(25)12-8-4-6-11-7-5-9-13(16(11)12)19(24)26/h4-9,15H,3,10H2,1-2H3,(H2,22,23,29). The zero-order chi connectivity index (χ0) is 20.7. The molecule has 2 aromatic carbocycles. The highest BCUT2D eigenvalue weighted by Crippen LogP contribution is 2.30. The van der Waals surface area contributed by atoms with Crippen LogP contribution in [0.25, 0.3) is 10.8 Å². The molecule has 7 nitrogen and oxygen atoms in total. The van der Waals surface area contributed by atoms with E-state index in [9.17, 15) is 14.4 Å². The molecule has 0 radical (unpaired) electrons. The molecule has 8 heteroatoms. The van der Waals surface area contributed by atoms with E-state index < -0.39 is 23.8 Å². The van der Waals surface area contributed by atoms with Crippen LogP contribution in [-0.4, -0.2) is 47.5 Å². The van der Waals surface area contributed by atoms with Crippen LogP contribution in [0.5, 0.6) is 0 Å². The number of carbonyl (C=O) groups is 3. The largest absolute Gasteiger partial charge is 0.466 e. The number of benzene rings is 2. The molecule has 0 aromatic heterocycles. The van der Waals surface area contributed by atoms with Crippen molar-refractivity contribution in [3.63, 3.8) is 0 Å². The highest BCUT2D eigenvalue weighted by atomic mass is 32.1. The number of nitrogens with zero attached hydrogens (tertiary/aromatic N) is 1. The van der Waals surface area contributed by atoms with Crippen LogP contribution in [0.4, 0.5) is 0 Å². The number of thiocarbonyl (C=S) groups is 1. The maximum atomic E-state index is 13.2. The van der Waals surface area contributed by atoms with Crippen molar-refractivity contribution >= 4 is 45.9 Å². The van der Waals surface area contributed by atoms with Crippen LogP contribution < -0.4 is 10.6 Å². The molecule has 29 heavy (non-hydrogen) atoms. The first-order valence-corrected chi connectivity index (χ1v) is 9.63. The molecule has 0 fully saturated rings. The van der Waals surface area contributed by atoms with Gasteiger partial charge in [-0.2, -0.15) is 0 Å². The Labute approximate surface area is 172 Å². The van der Waals surface area contributed by atoms with Gasteiger partial charge in [0.25, 0.3) is 11.8 Å². The third-order valence-corrected chi connectivity index (χ3v) is 5.44. The Hall–Kier alpha value is -3.26. The van der Waals surface area contributed by atoms with E-state index in [1.165, 1.54) is 12.0 Å². The quantitative estimate of drug-likeness (QED) is 0.454. The number of carbonyl (C=O) groups excluding carboxylic acids is 3. The summed E-state index contributed by atoms with van der Waals surface area (Å²) in [7, 11) is 1.29. The van der Waals surface area contributed by atoms with Crippen LogP contribution >= 0.6 is 12.2 Å². The monoisotopic (exact) mass is 409 g/mol. The molecule has 2 aliphatic rings. The number of ether oxygens (including phenoxy) is 1. The van der Waals surface area contributed by atoms with Gasteiger partial charge in [-0.15, -0.1) is 0 Å². The van der Waals surface area contributed by atoms with Crippen LogP contribution in [0.2, 0.25) is 0 Å². The highest BCUT2D eigenvalue weighted by Gasteiger charge is 2.38. The topological polar surface area (TPSA) is 87.7 Å². The van der Waals surface area contributed by atoms with Gasteiger partial charge in [-0.1, -0.05) is 31.2 Å². The van der Waals surface area contributed by atoms with Crippen molar-refractivity contribution in [2.45, 2.75) is 19.4 Å². The lowest BCUT2D eigenvalue weighted by atomic mass is 9.93. The number of allylic oxidation sites excluding steroid dienone is 1. The van der Waals surface area contributed by atoms with Gasteiger partial charge in [0.2, 0.25) is 0 Å². The lowest BCUT2D eigenvalue weighted by molar-refractivity contribution is -0.136. The van der Waals surface area contributed by atoms with Gasteiger partial charge >= 0.3 is 5.97 Å². The van der Waals surface area contributed by atoms with Gasteiger partial charge in [-0.3, -0.25) is 14.5 Å². The summed E-state index contributed by atoms with van der Waals surface area (Å²) in [5.74, 6) is -1.32. The van der Waals surface area contributed by atoms with E-state index in [-0.39, 0.29) is 6.54 Å². The van der Waals surface area contributed by atoms with Gasteiger partial charge in [-0.25, -0.2) is 4.79 Å². The molecule has 2 aromatic rings. The highest BCUT2D eigenvalue weighted by molar-refractivity contribution is 7.80. The number of hydrogen-bond donors (Lipinski definition) is 2. The van der Waals surface area contributed by atoms with Crippen LogP contribution in [0.3, 0.4) is 0 Å². The Kier molecular flexibility index (Phi) is 4.79. The molecule has 0 spiro atoms. The maximum Gasteiger partial charge on any atom is 0.337 e. The van der Waals surface area contributed by atoms with Crippen molar-refractivity contribution in [1.82, 2.24) is 15.5 Å². The fraction of sp³-hybridized carbons (Fsp3) is 0.238. The van der Waals surface area contributed by atoms with Crippen molar-refractivity contribution in [1.29, 1.82) is 0 Å². The van der Waals surface area contributed by atoms with E-state index in [1.807, 2.05) is 19.1 Å². The molecular weight excluding hydrogens is 390 g/mol. The van der Waals surface area contributed by atoms with Crippen molar-refractivity contribution < 1.29 is 19.1 Å². The molecule has 0 saturated carbocycles. The number of hydrogen-bond acceptors (Lipinski definition) is 5. The van der Waals surface area contributed by atoms with Crippen LogP contribution in [-0.2, 0) is 9.53 Å².